The summed E-state index contributed by atoms with van der Waals surface area (Å²) in [4.78, 5) is 0. The molecule has 2 nitrogen and oxygen atoms in total. The molecule has 1 heterocycles. The van der Waals surface area contributed by atoms with Crippen LogP contribution in [0.3, 0.4) is 0 Å². The number of rotatable bonds is 2. The third-order valence-corrected chi connectivity index (χ3v) is 3.52. The molecule has 0 amide bonds. The van der Waals surface area contributed by atoms with Gasteiger partial charge in [0.05, 0.1) is 5.75 Å². The fourth-order valence-corrected chi connectivity index (χ4v) is 3.06. The van der Waals surface area contributed by atoms with Gasteiger partial charge in [0.2, 0.25) is 0 Å². The van der Waals surface area contributed by atoms with Crippen molar-refractivity contribution in [1.29, 1.82) is 0 Å². The van der Waals surface area contributed by atoms with E-state index in [9.17, 15) is 4.21 Å². The van der Waals surface area contributed by atoms with Crippen molar-refractivity contribution in [3.63, 3.8) is 0 Å². The molecule has 1 N–H and O–H groups in total. The summed E-state index contributed by atoms with van der Waals surface area (Å²) in [5.74, 6) is 3.33. The van der Waals surface area contributed by atoms with E-state index >= 15 is 0 Å². The molecule has 0 aromatic heterocycles. The van der Waals surface area contributed by atoms with Gasteiger partial charge in [-0.1, -0.05) is 0 Å². The van der Waals surface area contributed by atoms with Crippen molar-refractivity contribution in [3.05, 3.63) is 0 Å². The molecule has 1 rings (SSSR count). The second-order valence-electron chi connectivity index (χ2n) is 2.54. The minimum absolute atomic E-state index is 0.487. The van der Waals surface area contributed by atoms with Crippen LogP contribution in [0.25, 0.3) is 0 Å². The van der Waals surface area contributed by atoms with Gasteiger partial charge >= 0.3 is 0 Å². The predicted molar refractivity (Wildman–Crippen MR) is 45.7 cm³/mol. The van der Waals surface area contributed by atoms with Crippen molar-refractivity contribution in [1.82, 2.24) is 0 Å². The summed E-state index contributed by atoms with van der Waals surface area (Å²) in [6.07, 6.45) is 2.24. The Morgan fingerprint density at radius 3 is 2.60 bits per heavy atom. The Kier molecular flexibility index (Phi) is 3.73. The Hall–Kier alpha value is 0.460. The average molecular weight is 180 g/mol. The molecule has 0 spiro atoms. The van der Waals surface area contributed by atoms with Gasteiger partial charge in [0.25, 0.3) is 0 Å². The summed E-state index contributed by atoms with van der Waals surface area (Å²) in [5.41, 5.74) is 0. The van der Waals surface area contributed by atoms with E-state index in [0.29, 0.717) is 11.7 Å². The molecule has 0 aromatic rings. The van der Waals surface area contributed by atoms with Gasteiger partial charge in [-0.3, -0.25) is 0 Å². The van der Waals surface area contributed by atoms with Crippen molar-refractivity contribution >= 4 is 22.8 Å². The third kappa shape index (κ3) is 3.03. The first-order valence-corrected chi connectivity index (χ1v) is 5.87. The zero-order valence-corrected chi connectivity index (χ0v) is 7.42. The Bertz CT molecular complexity index is 121. The number of hydrogen-bond acceptors (Lipinski definition) is 2. The third-order valence-electron chi connectivity index (χ3n) is 1.72. The minimum Gasteiger partial charge on any atom is -0.306 e. The van der Waals surface area contributed by atoms with Crippen LogP contribution in [0.1, 0.15) is 12.8 Å². The molecule has 1 aliphatic rings. The molecule has 4 heteroatoms. The van der Waals surface area contributed by atoms with Gasteiger partial charge in [0.15, 0.2) is 11.1 Å². The van der Waals surface area contributed by atoms with Crippen LogP contribution in [0.4, 0.5) is 0 Å². The van der Waals surface area contributed by atoms with Crippen LogP contribution in [-0.4, -0.2) is 26.0 Å². The number of hydrogen-bond donors (Lipinski definition) is 1. The van der Waals surface area contributed by atoms with Gasteiger partial charge in [-0.25, -0.2) is 4.21 Å². The van der Waals surface area contributed by atoms with Gasteiger partial charge in [0, 0.05) is 0 Å². The SMILES string of the molecule is O=S(O)CC1CCSCC1. The van der Waals surface area contributed by atoms with Gasteiger partial charge in [0.1, 0.15) is 0 Å². The largest absolute Gasteiger partial charge is 0.306 e. The molecule has 1 unspecified atom stereocenters. The monoisotopic (exact) mass is 180 g/mol. The van der Waals surface area contributed by atoms with Gasteiger partial charge in [-0.15, -0.1) is 0 Å². The normalized spacial score (nSPS) is 24.5. The standard InChI is InChI=1S/C6H12O2S2/c7-10(8)5-6-1-3-9-4-2-6/h6H,1-5H2,(H,7,8). The molecule has 1 atom stereocenters. The minimum atomic E-state index is -1.57. The van der Waals surface area contributed by atoms with E-state index in [1.807, 2.05) is 11.8 Å². The summed E-state index contributed by atoms with van der Waals surface area (Å²) in [7, 11) is 0. The van der Waals surface area contributed by atoms with E-state index in [1.54, 1.807) is 0 Å². The van der Waals surface area contributed by atoms with Gasteiger partial charge in [-0.2, -0.15) is 11.8 Å². The maximum absolute atomic E-state index is 10.4. The molecule has 0 saturated carbocycles. The quantitative estimate of drug-likeness (QED) is 0.652. The molecule has 0 radical (unpaired) electrons. The highest BCUT2D eigenvalue weighted by Gasteiger charge is 2.15. The first-order chi connectivity index (χ1) is 4.79. The summed E-state index contributed by atoms with van der Waals surface area (Å²) in [6, 6.07) is 0. The van der Waals surface area contributed by atoms with Gasteiger partial charge in [-0.05, 0) is 30.3 Å². The molecule has 0 aromatic carbocycles. The first-order valence-electron chi connectivity index (χ1n) is 3.44. The molecule has 0 bridgehead atoms. The Labute approximate surface area is 68.1 Å². The molecular weight excluding hydrogens is 168 g/mol. The van der Waals surface area contributed by atoms with Crippen LogP contribution < -0.4 is 0 Å². The molecule has 0 aliphatic carbocycles. The van der Waals surface area contributed by atoms with Gasteiger partial charge < -0.3 is 4.55 Å². The lowest BCUT2D eigenvalue weighted by Crippen LogP contribution is -2.16. The topological polar surface area (TPSA) is 37.3 Å². The second kappa shape index (κ2) is 4.36. The fraction of sp³-hybridized carbons (Fsp3) is 1.00. The molecule has 60 valence electrons. The average Bonchev–Trinajstić information content (AvgIpc) is 1.88. The predicted octanol–water partition coefficient (Wildman–Crippen LogP) is 1.35. The van der Waals surface area contributed by atoms with Crippen LogP contribution in [0, 0.1) is 5.92 Å². The van der Waals surface area contributed by atoms with Crippen LogP contribution in [0.5, 0.6) is 0 Å². The van der Waals surface area contributed by atoms with E-state index in [4.69, 9.17) is 4.55 Å². The lowest BCUT2D eigenvalue weighted by atomic mass is 10.1. The highest BCUT2D eigenvalue weighted by molar-refractivity contribution is 7.99. The maximum atomic E-state index is 10.4. The summed E-state index contributed by atoms with van der Waals surface area (Å²) in [5, 5.41) is 0. The van der Waals surface area contributed by atoms with Crippen molar-refractivity contribution in [2.75, 3.05) is 17.3 Å². The Morgan fingerprint density at radius 1 is 1.50 bits per heavy atom. The highest BCUT2D eigenvalue weighted by Crippen LogP contribution is 2.22. The fourth-order valence-electron chi connectivity index (χ4n) is 1.11. The van der Waals surface area contributed by atoms with E-state index in [1.165, 1.54) is 11.5 Å². The van der Waals surface area contributed by atoms with Crippen molar-refractivity contribution in [2.24, 2.45) is 5.92 Å². The number of thioether (sulfide) groups is 1. The smallest absolute Gasteiger partial charge is 0.153 e. The Morgan fingerprint density at radius 2 is 2.10 bits per heavy atom. The van der Waals surface area contributed by atoms with Crippen molar-refractivity contribution in [3.8, 4) is 0 Å². The lowest BCUT2D eigenvalue weighted by molar-refractivity contribution is 0.507. The zero-order chi connectivity index (χ0) is 7.40. The van der Waals surface area contributed by atoms with Crippen LogP contribution >= 0.6 is 11.8 Å². The Balaban J connectivity index is 2.19. The van der Waals surface area contributed by atoms with E-state index in [-0.39, 0.29) is 0 Å². The molecule has 10 heavy (non-hydrogen) atoms. The van der Waals surface area contributed by atoms with E-state index in [2.05, 4.69) is 0 Å². The van der Waals surface area contributed by atoms with Crippen LogP contribution in [0.2, 0.25) is 0 Å². The van der Waals surface area contributed by atoms with E-state index < -0.39 is 11.1 Å². The van der Waals surface area contributed by atoms with Crippen molar-refractivity contribution < 1.29 is 8.76 Å². The molecule has 1 saturated heterocycles. The molecule has 1 aliphatic heterocycles. The van der Waals surface area contributed by atoms with Crippen LogP contribution in [0.15, 0.2) is 0 Å². The lowest BCUT2D eigenvalue weighted by Gasteiger charge is -2.18. The summed E-state index contributed by atoms with van der Waals surface area (Å²) < 4.78 is 18.9. The first kappa shape index (κ1) is 8.56. The zero-order valence-electron chi connectivity index (χ0n) is 5.78. The summed E-state index contributed by atoms with van der Waals surface area (Å²) in [6.45, 7) is 0. The second-order valence-corrected chi connectivity index (χ2v) is 4.74. The summed E-state index contributed by atoms with van der Waals surface area (Å²) >= 11 is 0.373. The van der Waals surface area contributed by atoms with Crippen LogP contribution in [-0.2, 0) is 11.1 Å². The molecule has 1 fully saturated rings. The maximum Gasteiger partial charge on any atom is 0.153 e. The van der Waals surface area contributed by atoms with E-state index in [0.717, 1.165) is 12.8 Å². The van der Waals surface area contributed by atoms with Crippen molar-refractivity contribution in [2.45, 2.75) is 12.8 Å². The highest BCUT2D eigenvalue weighted by atomic mass is 32.2. The molecular formula is C6H12O2S2.